The van der Waals surface area contributed by atoms with E-state index in [0.29, 0.717) is 18.2 Å². The van der Waals surface area contributed by atoms with Crippen molar-refractivity contribution in [1.29, 1.82) is 0 Å². The van der Waals surface area contributed by atoms with Crippen LogP contribution in [0.25, 0.3) is 11.1 Å². The Morgan fingerprint density at radius 2 is 2.05 bits per heavy atom. The molecule has 0 radical (unpaired) electrons. The Kier molecular flexibility index (Phi) is 3.15. The van der Waals surface area contributed by atoms with Gasteiger partial charge < -0.3 is 10.1 Å². The van der Waals surface area contributed by atoms with Crippen molar-refractivity contribution >= 4 is 0 Å². The molecule has 1 fully saturated rings. The first-order chi connectivity index (χ1) is 10.3. The van der Waals surface area contributed by atoms with Crippen LogP contribution in [0.4, 0.5) is 4.39 Å². The van der Waals surface area contributed by atoms with Crippen molar-refractivity contribution in [1.82, 2.24) is 5.32 Å². The maximum absolute atomic E-state index is 14.5. The molecular formula is C18H18FNO. The van der Waals surface area contributed by atoms with Crippen LogP contribution in [0.1, 0.15) is 24.0 Å². The van der Waals surface area contributed by atoms with Crippen molar-refractivity contribution < 1.29 is 9.13 Å². The normalized spacial score (nSPS) is 16.6. The Morgan fingerprint density at radius 1 is 1.14 bits per heavy atom. The number of fused-ring (bicyclic) bond motifs is 1. The number of hydrogen-bond acceptors (Lipinski definition) is 2. The van der Waals surface area contributed by atoms with Crippen molar-refractivity contribution in [2.75, 3.05) is 6.61 Å². The maximum atomic E-state index is 14.5. The van der Waals surface area contributed by atoms with Crippen molar-refractivity contribution in [3.05, 3.63) is 53.3 Å². The van der Waals surface area contributed by atoms with Gasteiger partial charge in [-0.25, -0.2) is 4.39 Å². The summed E-state index contributed by atoms with van der Waals surface area (Å²) < 4.78 is 20.1. The van der Waals surface area contributed by atoms with Crippen LogP contribution in [0.15, 0.2) is 36.4 Å². The first-order valence-corrected chi connectivity index (χ1v) is 7.58. The molecule has 1 saturated carbocycles. The molecule has 2 nitrogen and oxygen atoms in total. The minimum Gasteiger partial charge on any atom is -0.492 e. The average molecular weight is 283 g/mol. The van der Waals surface area contributed by atoms with Crippen molar-refractivity contribution in [2.24, 2.45) is 0 Å². The van der Waals surface area contributed by atoms with E-state index >= 15 is 0 Å². The fourth-order valence-corrected chi connectivity index (χ4v) is 2.86. The largest absolute Gasteiger partial charge is 0.492 e. The van der Waals surface area contributed by atoms with E-state index in [0.717, 1.165) is 29.8 Å². The standard InChI is InChI=1S/C18H18FNO/c19-17-10-12(11-20-14-5-6-14)4-7-15(17)16-3-1-2-13-8-9-21-18(13)16/h1-4,7,10,14,20H,5-6,8-9,11H2. The van der Waals surface area contributed by atoms with E-state index in [1.165, 1.54) is 18.4 Å². The number of ether oxygens (including phenoxy) is 1. The lowest BCUT2D eigenvalue weighted by Crippen LogP contribution is -2.15. The lowest BCUT2D eigenvalue weighted by atomic mass is 9.99. The molecule has 0 unspecified atom stereocenters. The topological polar surface area (TPSA) is 21.3 Å². The van der Waals surface area contributed by atoms with E-state index in [1.807, 2.05) is 24.3 Å². The molecule has 1 heterocycles. The first-order valence-electron chi connectivity index (χ1n) is 7.58. The molecule has 0 spiro atoms. The molecule has 0 amide bonds. The van der Waals surface area contributed by atoms with Gasteiger partial charge in [0.05, 0.1) is 6.61 Å². The van der Waals surface area contributed by atoms with Crippen molar-refractivity contribution in [2.45, 2.75) is 31.8 Å². The first kappa shape index (κ1) is 12.8. The van der Waals surface area contributed by atoms with Crippen LogP contribution in [-0.4, -0.2) is 12.6 Å². The number of benzene rings is 2. The van der Waals surface area contributed by atoms with Gasteiger partial charge in [-0.3, -0.25) is 0 Å². The summed E-state index contributed by atoms with van der Waals surface area (Å²) in [5, 5.41) is 3.41. The second-order valence-electron chi connectivity index (χ2n) is 5.86. The van der Waals surface area contributed by atoms with E-state index in [9.17, 15) is 4.39 Å². The highest BCUT2D eigenvalue weighted by molar-refractivity contribution is 5.73. The predicted octanol–water partition coefficient (Wildman–Crippen LogP) is 3.68. The molecule has 1 N–H and O–H groups in total. The quantitative estimate of drug-likeness (QED) is 0.924. The summed E-state index contributed by atoms with van der Waals surface area (Å²) >= 11 is 0. The molecule has 3 heteroatoms. The van der Waals surface area contributed by atoms with Gasteiger partial charge in [-0.15, -0.1) is 0 Å². The lowest BCUT2D eigenvalue weighted by molar-refractivity contribution is 0.358. The van der Waals surface area contributed by atoms with Crippen LogP contribution in [0.2, 0.25) is 0 Å². The zero-order chi connectivity index (χ0) is 14.2. The highest BCUT2D eigenvalue weighted by Gasteiger charge is 2.21. The highest BCUT2D eigenvalue weighted by Crippen LogP contribution is 2.38. The molecule has 21 heavy (non-hydrogen) atoms. The van der Waals surface area contributed by atoms with Gasteiger partial charge >= 0.3 is 0 Å². The second-order valence-corrected chi connectivity index (χ2v) is 5.86. The highest BCUT2D eigenvalue weighted by atomic mass is 19.1. The van der Waals surface area contributed by atoms with Crippen LogP contribution in [-0.2, 0) is 13.0 Å². The lowest BCUT2D eigenvalue weighted by Gasteiger charge is -2.11. The molecule has 1 aliphatic carbocycles. The smallest absolute Gasteiger partial charge is 0.131 e. The fraction of sp³-hybridized carbons (Fsp3) is 0.333. The van der Waals surface area contributed by atoms with E-state index in [2.05, 4.69) is 11.4 Å². The zero-order valence-electron chi connectivity index (χ0n) is 11.9. The Bertz CT molecular complexity index is 679. The predicted molar refractivity (Wildman–Crippen MR) is 80.9 cm³/mol. The van der Waals surface area contributed by atoms with E-state index < -0.39 is 0 Å². The van der Waals surface area contributed by atoms with Crippen molar-refractivity contribution in [3.8, 4) is 16.9 Å². The molecular weight excluding hydrogens is 265 g/mol. The van der Waals surface area contributed by atoms with Gasteiger partial charge in [0.15, 0.2) is 0 Å². The molecule has 2 aromatic carbocycles. The molecule has 0 aromatic heterocycles. The molecule has 2 aliphatic rings. The molecule has 0 saturated heterocycles. The molecule has 2 aromatic rings. The van der Waals surface area contributed by atoms with Gasteiger partial charge in [0.2, 0.25) is 0 Å². The molecule has 108 valence electrons. The number of rotatable bonds is 4. The third kappa shape index (κ3) is 2.54. The Labute approximate surface area is 123 Å². The Balaban J connectivity index is 1.64. The van der Waals surface area contributed by atoms with Crippen LogP contribution in [0, 0.1) is 5.82 Å². The second kappa shape index (κ2) is 5.15. The summed E-state index contributed by atoms with van der Waals surface area (Å²) in [7, 11) is 0. The van der Waals surface area contributed by atoms with Gasteiger partial charge in [-0.2, -0.15) is 0 Å². The summed E-state index contributed by atoms with van der Waals surface area (Å²) in [6, 6.07) is 12.1. The molecule has 4 rings (SSSR count). The maximum Gasteiger partial charge on any atom is 0.131 e. The van der Waals surface area contributed by atoms with Gasteiger partial charge in [0, 0.05) is 30.1 Å². The van der Waals surface area contributed by atoms with Gasteiger partial charge in [0.25, 0.3) is 0 Å². The summed E-state index contributed by atoms with van der Waals surface area (Å²) in [4.78, 5) is 0. The Hall–Kier alpha value is -1.87. The van der Waals surface area contributed by atoms with Gasteiger partial charge in [-0.1, -0.05) is 30.3 Å². The van der Waals surface area contributed by atoms with E-state index in [4.69, 9.17) is 4.74 Å². The van der Waals surface area contributed by atoms with Gasteiger partial charge in [0.1, 0.15) is 11.6 Å². The third-order valence-corrected chi connectivity index (χ3v) is 4.21. The van der Waals surface area contributed by atoms with E-state index in [-0.39, 0.29) is 5.82 Å². The van der Waals surface area contributed by atoms with Crippen LogP contribution >= 0.6 is 0 Å². The number of nitrogens with one attached hydrogen (secondary N) is 1. The summed E-state index contributed by atoms with van der Waals surface area (Å²) in [6.07, 6.45) is 3.40. The molecule has 0 atom stereocenters. The third-order valence-electron chi connectivity index (χ3n) is 4.21. The fourth-order valence-electron chi connectivity index (χ4n) is 2.86. The monoisotopic (exact) mass is 283 g/mol. The number of hydrogen-bond donors (Lipinski definition) is 1. The minimum absolute atomic E-state index is 0.172. The van der Waals surface area contributed by atoms with Crippen LogP contribution in [0.5, 0.6) is 5.75 Å². The van der Waals surface area contributed by atoms with Crippen LogP contribution < -0.4 is 10.1 Å². The Morgan fingerprint density at radius 3 is 2.86 bits per heavy atom. The molecule has 0 bridgehead atoms. The van der Waals surface area contributed by atoms with Gasteiger partial charge in [-0.05, 0) is 30.0 Å². The minimum atomic E-state index is -0.172. The number of para-hydroxylation sites is 1. The average Bonchev–Trinajstić information content (AvgIpc) is 3.20. The number of halogens is 1. The summed E-state index contributed by atoms with van der Waals surface area (Å²) in [5.74, 6) is 0.675. The SMILES string of the molecule is Fc1cc(CNC2CC2)ccc1-c1cccc2c1OCC2. The van der Waals surface area contributed by atoms with E-state index in [1.54, 1.807) is 6.07 Å². The van der Waals surface area contributed by atoms with Crippen LogP contribution in [0.3, 0.4) is 0 Å². The molecule has 1 aliphatic heterocycles. The zero-order valence-corrected chi connectivity index (χ0v) is 11.9. The summed E-state index contributed by atoms with van der Waals surface area (Å²) in [5.41, 5.74) is 3.66. The van der Waals surface area contributed by atoms with Crippen molar-refractivity contribution in [3.63, 3.8) is 0 Å². The summed E-state index contributed by atoms with van der Waals surface area (Å²) in [6.45, 7) is 1.43.